The molecule has 0 aromatic heterocycles. The Morgan fingerprint density at radius 2 is 2.00 bits per heavy atom. The number of hydrogen-bond donors (Lipinski definition) is 2. The third kappa shape index (κ3) is 4.20. The Balaban J connectivity index is 2.47. The maximum absolute atomic E-state index is 11.6. The van der Waals surface area contributed by atoms with Crippen molar-refractivity contribution < 1.29 is 14.7 Å². The summed E-state index contributed by atoms with van der Waals surface area (Å²) in [7, 11) is 0. The van der Waals surface area contributed by atoms with E-state index in [1.165, 1.54) is 0 Å². The number of hydrogen-bond acceptors (Lipinski definition) is 2. The monoisotopic (exact) mass is 249 g/mol. The first-order valence-electron chi connectivity index (χ1n) is 6.11. The van der Waals surface area contributed by atoms with Crippen LogP contribution in [0.4, 0.5) is 0 Å². The Morgan fingerprint density at radius 1 is 1.33 bits per heavy atom. The van der Waals surface area contributed by atoms with E-state index in [1.54, 1.807) is 6.92 Å². The van der Waals surface area contributed by atoms with Crippen LogP contribution in [0, 0.1) is 6.92 Å². The predicted octanol–water partition coefficient (Wildman–Crippen LogP) is 1.91. The molecule has 0 saturated carbocycles. The second-order valence-electron chi connectivity index (χ2n) is 4.29. The summed E-state index contributed by atoms with van der Waals surface area (Å²) in [5.41, 5.74) is 2.27. The lowest BCUT2D eigenvalue weighted by atomic mass is 10.0. The number of aryl methyl sites for hydroxylation is 2. The van der Waals surface area contributed by atoms with Crippen molar-refractivity contribution in [3.8, 4) is 0 Å². The van der Waals surface area contributed by atoms with Crippen LogP contribution in [0.1, 0.15) is 30.9 Å². The van der Waals surface area contributed by atoms with Gasteiger partial charge in [-0.05, 0) is 30.9 Å². The van der Waals surface area contributed by atoms with Gasteiger partial charge in [0.1, 0.15) is 6.04 Å². The Bertz CT molecular complexity index is 429. The van der Waals surface area contributed by atoms with Crippen molar-refractivity contribution in [3.63, 3.8) is 0 Å². The molecule has 1 atom stereocenters. The average molecular weight is 249 g/mol. The first kappa shape index (κ1) is 14.2. The molecule has 0 aliphatic rings. The molecule has 0 heterocycles. The standard InChI is InChI=1S/C14H19NO3/c1-3-12(14(17)18)15-13(16)9-8-11-7-5-4-6-10(11)2/h4-7,12H,3,8-9H2,1-2H3,(H,15,16)(H,17,18)/t12-/m0/s1. The Morgan fingerprint density at radius 3 is 2.56 bits per heavy atom. The van der Waals surface area contributed by atoms with Crippen LogP contribution in [0.3, 0.4) is 0 Å². The van der Waals surface area contributed by atoms with Gasteiger partial charge in [-0.2, -0.15) is 0 Å². The van der Waals surface area contributed by atoms with E-state index in [2.05, 4.69) is 5.32 Å². The fraction of sp³-hybridized carbons (Fsp3) is 0.429. The molecule has 1 aromatic carbocycles. The van der Waals surface area contributed by atoms with Gasteiger partial charge in [-0.3, -0.25) is 4.79 Å². The first-order chi connectivity index (χ1) is 8.54. The van der Waals surface area contributed by atoms with Crippen molar-refractivity contribution in [2.45, 2.75) is 39.2 Å². The van der Waals surface area contributed by atoms with Crippen LogP contribution < -0.4 is 5.32 Å². The summed E-state index contributed by atoms with van der Waals surface area (Å²) in [6, 6.07) is 7.09. The van der Waals surface area contributed by atoms with Gasteiger partial charge < -0.3 is 10.4 Å². The van der Waals surface area contributed by atoms with Crippen molar-refractivity contribution in [2.75, 3.05) is 0 Å². The van der Waals surface area contributed by atoms with Crippen LogP contribution in [-0.2, 0) is 16.0 Å². The van der Waals surface area contributed by atoms with Gasteiger partial charge in [0.05, 0.1) is 0 Å². The van der Waals surface area contributed by atoms with E-state index in [9.17, 15) is 9.59 Å². The Kier molecular flexibility index (Phi) is 5.36. The third-order valence-electron chi connectivity index (χ3n) is 2.92. The highest BCUT2D eigenvalue weighted by Crippen LogP contribution is 2.09. The maximum Gasteiger partial charge on any atom is 0.326 e. The lowest BCUT2D eigenvalue weighted by molar-refractivity contribution is -0.141. The molecule has 0 bridgehead atoms. The van der Waals surface area contributed by atoms with E-state index in [1.807, 2.05) is 31.2 Å². The number of carboxylic acids is 1. The van der Waals surface area contributed by atoms with Gasteiger partial charge in [0.25, 0.3) is 0 Å². The van der Waals surface area contributed by atoms with Crippen molar-refractivity contribution in [1.82, 2.24) is 5.32 Å². The Hall–Kier alpha value is -1.84. The maximum atomic E-state index is 11.6. The number of amides is 1. The number of carboxylic acid groups (broad SMARTS) is 1. The van der Waals surface area contributed by atoms with Gasteiger partial charge in [0.2, 0.25) is 5.91 Å². The molecule has 1 aromatic rings. The minimum atomic E-state index is -0.984. The van der Waals surface area contributed by atoms with Crippen molar-refractivity contribution in [1.29, 1.82) is 0 Å². The van der Waals surface area contributed by atoms with Crippen LogP contribution >= 0.6 is 0 Å². The molecule has 18 heavy (non-hydrogen) atoms. The SMILES string of the molecule is CC[C@H](NC(=O)CCc1ccccc1C)C(=O)O. The van der Waals surface area contributed by atoms with Gasteiger partial charge in [-0.25, -0.2) is 4.79 Å². The zero-order chi connectivity index (χ0) is 13.5. The molecule has 0 unspecified atom stereocenters. The van der Waals surface area contributed by atoms with E-state index < -0.39 is 12.0 Å². The van der Waals surface area contributed by atoms with Gasteiger partial charge in [-0.15, -0.1) is 0 Å². The number of carbonyl (C=O) groups is 2. The van der Waals surface area contributed by atoms with E-state index in [-0.39, 0.29) is 5.91 Å². The normalized spacial score (nSPS) is 11.9. The summed E-state index contributed by atoms with van der Waals surface area (Å²) >= 11 is 0. The molecule has 98 valence electrons. The number of rotatable bonds is 6. The van der Waals surface area contributed by atoms with Crippen molar-refractivity contribution in [3.05, 3.63) is 35.4 Å². The van der Waals surface area contributed by atoms with Crippen LogP contribution in [0.15, 0.2) is 24.3 Å². The number of aliphatic carboxylic acids is 1. The second kappa shape index (κ2) is 6.79. The molecule has 1 amide bonds. The van der Waals surface area contributed by atoms with E-state index in [0.717, 1.165) is 11.1 Å². The molecule has 0 aliphatic carbocycles. The van der Waals surface area contributed by atoms with E-state index >= 15 is 0 Å². The molecule has 0 spiro atoms. The van der Waals surface area contributed by atoms with Gasteiger partial charge in [0.15, 0.2) is 0 Å². The zero-order valence-corrected chi connectivity index (χ0v) is 10.8. The van der Waals surface area contributed by atoms with Crippen molar-refractivity contribution in [2.24, 2.45) is 0 Å². The number of benzene rings is 1. The summed E-state index contributed by atoms with van der Waals surface area (Å²) in [6.07, 6.45) is 1.34. The van der Waals surface area contributed by atoms with Gasteiger partial charge >= 0.3 is 5.97 Å². The Labute approximate surface area is 107 Å². The summed E-state index contributed by atoms with van der Waals surface area (Å²) in [4.78, 5) is 22.4. The minimum Gasteiger partial charge on any atom is -0.480 e. The van der Waals surface area contributed by atoms with Crippen LogP contribution in [0.5, 0.6) is 0 Å². The summed E-state index contributed by atoms with van der Waals surface area (Å²) in [5, 5.41) is 11.4. The smallest absolute Gasteiger partial charge is 0.326 e. The zero-order valence-electron chi connectivity index (χ0n) is 10.8. The molecular formula is C14H19NO3. The number of nitrogens with one attached hydrogen (secondary N) is 1. The molecule has 0 aliphatic heterocycles. The third-order valence-corrected chi connectivity index (χ3v) is 2.92. The summed E-state index contributed by atoms with van der Waals surface area (Å²) in [6.45, 7) is 3.74. The summed E-state index contributed by atoms with van der Waals surface area (Å²) < 4.78 is 0. The molecule has 2 N–H and O–H groups in total. The van der Waals surface area contributed by atoms with Gasteiger partial charge in [0, 0.05) is 6.42 Å². The molecule has 1 rings (SSSR count). The highest BCUT2D eigenvalue weighted by molar-refractivity contribution is 5.83. The highest BCUT2D eigenvalue weighted by Gasteiger charge is 2.17. The molecule has 4 nitrogen and oxygen atoms in total. The fourth-order valence-corrected chi connectivity index (χ4v) is 1.74. The largest absolute Gasteiger partial charge is 0.480 e. The first-order valence-corrected chi connectivity index (χ1v) is 6.11. The van der Waals surface area contributed by atoms with E-state index in [0.29, 0.717) is 19.3 Å². The molecule has 0 fully saturated rings. The predicted molar refractivity (Wildman–Crippen MR) is 69.4 cm³/mol. The number of carbonyl (C=O) groups excluding carboxylic acids is 1. The van der Waals surface area contributed by atoms with E-state index in [4.69, 9.17) is 5.11 Å². The fourth-order valence-electron chi connectivity index (χ4n) is 1.74. The lowest BCUT2D eigenvalue weighted by Crippen LogP contribution is -2.40. The topological polar surface area (TPSA) is 66.4 Å². The molecular weight excluding hydrogens is 230 g/mol. The average Bonchev–Trinajstić information content (AvgIpc) is 2.34. The van der Waals surface area contributed by atoms with Crippen LogP contribution in [-0.4, -0.2) is 23.0 Å². The molecule has 0 saturated heterocycles. The minimum absolute atomic E-state index is 0.215. The van der Waals surface area contributed by atoms with Crippen molar-refractivity contribution >= 4 is 11.9 Å². The molecule has 0 radical (unpaired) electrons. The second-order valence-corrected chi connectivity index (χ2v) is 4.29. The quantitative estimate of drug-likeness (QED) is 0.809. The lowest BCUT2D eigenvalue weighted by Gasteiger charge is -2.12. The summed E-state index contributed by atoms with van der Waals surface area (Å²) in [5.74, 6) is -1.20. The molecule has 4 heteroatoms. The highest BCUT2D eigenvalue weighted by atomic mass is 16.4. The van der Waals surface area contributed by atoms with Crippen LogP contribution in [0.25, 0.3) is 0 Å². The van der Waals surface area contributed by atoms with Gasteiger partial charge in [-0.1, -0.05) is 31.2 Å². The van der Waals surface area contributed by atoms with Crippen LogP contribution in [0.2, 0.25) is 0 Å².